The summed E-state index contributed by atoms with van der Waals surface area (Å²) in [5, 5.41) is 8.01. The van der Waals surface area contributed by atoms with Gasteiger partial charge in [-0.25, -0.2) is 4.98 Å². The van der Waals surface area contributed by atoms with Gasteiger partial charge in [-0.3, -0.25) is 14.9 Å². The summed E-state index contributed by atoms with van der Waals surface area (Å²) in [6.07, 6.45) is 0. The van der Waals surface area contributed by atoms with Gasteiger partial charge in [0.1, 0.15) is 5.69 Å². The third-order valence-corrected chi connectivity index (χ3v) is 3.46. The van der Waals surface area contributed by atoms with Crippen molar-refractivity contribution in [2.24, 2.45) is 0 Å². The van der Waals surface area contributed by atoms with E-state index in [0.29, 0.717) is 16.4 Å². The van der Waals surface area contributed by atoms with E-state index in [0.717, 1.165) is 5.69 Å². The maximum atomic E-state index is 12.3. The van der Waals surface area contributed by atoms with E-state index in [2.05, 4.69) is 15.6 Å². The molecule has 6 heteroatoms. The first-order valence-corrected chi connectivity index (χ1v) is 7.48. The predicted octanol–water partition coefficient (Wildman–Crippen LogP) is 3.42. The average Bonchev–Trinajstić information content (AvgIpc) is 2.87. The Balaban J connectivity index is 2.18. The highest BCUT2D eigenvalue weighted by Crippen LogP contribution is 2.20. The molecular weight excluding hydrogens is 286 g/mol. The summed E-state index contributed by atoms with van der Waals surface area (Å²) in [5.74, 6) is -0.364. The smallest absolute Gasteiger partial charge is 0.259 e. The van der Waals surface area contributed by atoms with Gasteiger partial charge in [-0.2, -0.15) is 0 Å². The van der Waals surface area contributed by atoms with Crippen molar-refractivity contribution in [3.05, 3.63) is 40.9 Å². The molecule has 2 rings (SSSR count). The highest BCUT2D eigenvalue weighted by molar-refractivity contribution is 7.14. The first-order valence-electron chi connectivity index (χ1n) is 6.60. The summed E-state index contributed by atoms with van der Waals surface area (Å²) in [7, 11) is 0. The maximum absolute atomic E-state index is 12.3. The second kappa shape index (κ2) is 6.49. The van der Waals surface area contributed by atoms with E-state index in [9.17, 15) is 9.59 Å². The first kappa shape index (κ1) is 15.2. The number of hydrogen-bond donors (Lipinski definition) is 2. The van der Waals surface area contributed by atoms with E-state index < -0.39 is 0 Å². The zero-order valence-corrected chi connectivity index (χ0v) is 13.0. The van der Waals surface area contributed by atoms with Crippen molar-refractivity contribution in [2.75, 3.05) is 10.6 Å². The molecule has 0 aliphatic heterocycles. The van der Waals surface area contributed by atoms with Crippen molar-refractivity contribution in [3.63, 3.8) is 0 Å². The Morgan fingerprint density at radius 2 is 1.95 bits per heavy atom. The van der Waals surface area contributed by atoms with E-state index in [1.165, 1.54) is 18.3 Å². The number of para-hydroxylation sites is 1. The largest absolute Gasteiger partial charge is 0.382 e. The molecule has 0 bridgehead atoms. The number of rotatable bonds is 5. The normalized spacial score (nSPS) is 10.5. The molecule has 1 aromatic carbocycles. The molecule has 0 aliphatic carbocycles. The number of Topliss-reactive ketones (excluding diaryl/α,β-unsaturated/α-hetero) is 1. The maximum Gasteiger partial charge on any atom is 0.259 e. The molecule has 0 spiro atoms. The van der Waals surface area contributed by atoms with Gasteiger partial charge in [-0.05, 0) is 26.0 Å². The second-order valence-corrected chi connectivity index (χ2v) is 5.75. The van der Waals surface area contributed by atoms with E-state index in [1.807, 2.05) is 32.0 Å². The number of benzene rings is 1. The molecule has 2 aromatic rings. The van der Waals surface area contributed by atoms with Gasteiger partial charge in [-0.15, -0.1) is 11.3 Å². The molecule has 21 heavy (non-hydrogen) atoms. The lowest BCUT2D eigenvalue weighted by atomic mass is 10.1. The van der Waals surface area contributed by atoms with Crippen LogP contribution in [-0.2, 0) is 0 Å². The number of ketones is 1. The minimum atomic E-state index is -0.247. The van der Waals surface area contributed by atoms with Crippen molar-refractivity contribution >= 4 is 33.8 Å². The summed E-state index contributed by atoms with van der Waals surface area (Å²) >= 11 is 1.24. The summed E-state index contributed by atoms with van der Waals surface area (Å²) in [6, 6.07) is 7.52. The predicted molar refractivity (Wildman–Crippen MR) is 85.3 cm³/mol. The molecule has 0 radical (unpaired) electrons. The lowest BCUT2D eigenvalue weighted by Crippen LogP contribution is -2.17. The lowest BCUT2D eigenvalue weighted by Gasteiger charge is -2.13. The van der Waals surface area contributed by atoms with Crippen molar-refractivity contribution < 1.29 is 9.59 Å². The Morgan fingerprint density at radius 1 is 1.24 bits per heavy atom. The van der Waals surface area contributed by atoms with Crippen LogP contribution in [0, 0.1) is 0 Å². The van der Waals surface area contributed by atoms with Crippen molar-refractivity contribution in [1.82, 2.24) is 4.98 Å². The van der Waals surface area contributed by atoms with Crippen LogP contribution in [0.15, 0.2) is 29.6 Å². The quantitative estimate of drug-likeness (QED) is 0.830. The van der Waals surface area contributed by atoms with Gasteiger partial charge in [-0.1, -0.05) is 12.1 Å². The zero-order chi connectivity index (χ0) is 15.4. The molecule has 0 unspecified atom stereocenters. The number of nitrogens with one attached hydrogen (secondary N) is 2. The number of anilines is 2. The summed E-state index contributed by atoms with van der Waals surface area (Å²) in [6.45, 7) is 5.46. The Hall–Kier alpha value is -2.21. The standard InChI is InChI=1S/C15H17N3O2S/c1-9(2)16-12-7-5-4-6-11(12)14(20)18-15-17-13(8-21-15)10(3)19/h4-9,16H,1-3H3,(H,17,18,20). The highest BCUT2D eigenvalue weighted by Gasteiger charge is 2.14. The summed E-state index contributed by atoms with van der Waals surface area (Å²) < 4.78 is 0. The molecule has 2 N–H and O–H groups in total. The van der Waals surface area contributed by atoms with Gasteiger partial charge >= 0.3 is 0 Å². The van der Waals surface area contributed by atoms with Crippen molar-refractivity contribution in [1.29, 1.82) is 0 Å². The van der Waals surface area contributed by atoms with E-state index in [4.69, 9.17) is 0 Å². The summed E-state index contributed by atoms with van der Waals surface area (Å²) in [4.78, 5) is 27.6. The number of nitrogens with zero attached hydrogens (tertiary/aromatic N) is 1. The Bertz CT molecular complexity index is 664. The molecule has 1 heterocycles. The monoisotopic (exact) mass is 303 g/mol. The van der Waals surface area contributed by atoms with Crippen LogP contribution in [0.1, 0.15) is 41.6 Å². The Kier molecular flexibility index (Phi) is 4.70. The number of amides is 1. The van der Waals surface area contributed by atoms with Crippen LogP contribution in [0.4, 0.5) is 10.8 Å². The van der Waals surface area contributed by atoms with Crippen LogP contribution in [0.25, 0.3) is 0 Å². The Labute approximate surface area is 127 Å². The summed E-state index contributed by atoms with van der Waals surface area (Å²) in [5.41, 5.74) is 1.68. The lowest BCUT2D eigenvalue weighted by molar-refractivity contribution is 0.100. The van der Waals surface area contributed by atoms with Crippen LogP contribution in [0.2, 0.25) is 0 Å². The SMILES string of the molecule is CC(=O)c1csc(NC(=O)c2ccccc2NC(C)C)n1. The van der Waals surface area contributed by atoms with Crippen LogP contribution >= 0.6 is 11.3 Å². The van der Waals surface area contributed by atoms with E-state index in [-0.39, 0.29) is 17.7 Å². The number of thiazole rings is 1. The second-order valence-electron chi connectivity index (χ2n) is 4.89. The molecule has 0 saturated heterocycles. The third-order valence-electron chi connectivity index (χ3n) is 2.70. The minimum absolute atomic E-state index is 0.117. The highest BCUT2D eigenvalue weighted by atomic mass is 32.1. The molecule has 0 saturated carbocycles. The molecule has 0 fully saturated rings. The molecule has 5 nitrogen and oxygen atoms in total. The van der Waals surface area contributed by atoms with Gasteiger partial charge in [0, 0.05) is 24.0 Å². The molecule has 0 atom stereocenters. The third kappa shape index (κ3) is 3.88. The average molecular weight is 303 g/mol. The van der Waals surface area contributed by atoms with Crippen LogP contribution in [0.3, 0.4) is 0 Å². The van der Waals surface area contributed by atoms with Crippen LogP contribution < -0.4 is 10.6 Å². The van der Waals surface area contributed by atoms with Crippen molar-refractivity contribution in [2.45, 2.75) is 26.8 Å². The van der Waals surface area contributed by atoms with Gasteiger partial charge in [0.2, 0.25) is 0 Å². The fourth-order valence-electron chi connectivity index (χ4n) is 1.78. The number of carbonyl (C=O) groups is 2. The van der Waals surface area contributed by atoms with Crippen LogP contribution in [0.5, 0.6) is 0 Å². The molecule has 110 valence electrons. The van der Waals surface area contributed by atoms with Crippen LogP contribution in [-0.4, -0.2) is 22.7 Å². The molecule has 1 amide bonds. The number of carbonyl (C=O) groups excluding carboxylic acids is 2. The van der Waals surface area contributed by atoms with Gasteiger partial charge in [0.15, 0.2) is 10.9 Å². The minimum Gasteiger partial charge on any atom is -0.382 e. The first-order chi connectivity index (χ1) is 9.97. The van der Waals surface area contributed by atoms with Crippen molar-refractivity contribution in [3.8, 4) is 0 Å². The van der Waals surface area contributed by atoms with Gasteiger partial charge in [0.25, 0.3) is 5.91 Å². The molecular formula is C15H17N3O2S. The van der Waals surface area contributed by atoms with E-state index >= 15 is 0 Å². The van der Waals surface area contributed by atoms with E-state index in [1.54, 1.807) is 11.4 Å². The topological polar surface area (TPSA) is 71.1 Å². The van der Waals surface area contributed by atoms with Gasteiger partial charge < -0.3 is 5.32 Å². The Morgan fingerprint density at radius 3 is 2.57 bits per heavy atom. The zero-order valence-electron chi connectivity index (χ0n) is 12.1. The molecule has 1 aromatic heterocycles. The fourth-order valence-corrected chi connectivity index (χ4v) is 2.52. The van der Waals surface area contributed by atoms with Gasteiger partial charge in [0.05, 0.1) is 5.56 Å². The number of hydrogen-bond acceptors (Lipinski definition) is 5. The number of aromatic nitrogens is 1. The molecule has 0 aliphatic rings. The fraction of sp³-hybridized carbons (Fsp3) is 0.267.